The smallest absolute Gasteiger partial charge is 0.202 e. The van der Waals surface area contributed by atoms with Gasteiger partial charge in [0.05, 0.1) is 0 Å². The van der Waals surface area contributed by atoms with E-state index in [4.69, 9.17) is 4.84 Å². The highest BCUT2D eigenvalue weighted by Crippen LogP contribution is 2.26. The molecule has 0 fully saturated rings. The highest BCUT2D eigenvalue weighted by atomic mass is 79.9. The van der Waals surface area contributed by atoms with Gasteiger partial charge in [-0.2, -0.15) is 0 Å². The third-order valence-corrected chi connectivity index (χ3v) is 2.96. The average molecular weight is 255 g/mol. The van der Waals surface area contributed by atoms with Crippen LogP contribution in [0.3, 0.4) is 0 Å². The quantitative estimate of drug-likeness (QED) is 0.837. The number of aryl methyl sites for hydroxylation is 1. The van der Waals surface area contributed by atoms with Gasteiger partial charge in [-0.15, -0.1) is 0 Å². The molecule has 1 aliphatic rings. The van der Waals surface area contributed by atoms with Crippen molar-refractivity contribution in [3.63, 3.8) is 0 Å². The Labute approximate surface area is 91.3 Å². The summed E-state index contributed by atoms with van der Waals surface area (Å²) in [6.07, 6.45) is -0.216. The van der Waals surface area contributed by atoms with Gasteiger partial charge in [-0.05, 0) is 25.5 Å². The second-order valence-corrected chi connectivity index (χ2v) is 4.15. The van der Waals surface area contributed by atoms with E-state index in [0.29, 0.717) is 0 Å². The Morgan fingerprint density at radius 2 is 2.21 bits per heavy atom. The van der Waals surface area contributed by atoms with Gasteiger partial charge in [0.15, 0.2) is 0 Å². The maximum atomic E-state index is 5.27. The fourth-order valence-electron chi connectivity index (χ4n) is 1.27. The summed E-state index contributed by atoms with van der Waals surface area (Å²) in [6.45, 7) is 3.93. The normalized spacial score (nSPS) is 20.5. The van der Waals surface area contributed by atoms with Crippen LogP contribution in [-0.4, -0.2) is 5.84 Å². The maximum Gasteiger partial charge on any atom is 0.202 e. The Morgan fingerprint density at radius 3 is 2.79 bits per heavy atom. The zero-order valence-corrected chi connectivity index (χ0v) is 9.63. The van der Waals surface area contributed by atoms with E-state index in [1.807, 2.05) is 25.1 Å². The Morgan fingerprint density at radius 1 is 1.43 bits per heavy atom. The molecule has 0 aliphatic carbocycles. The fourth-order valence-corrected chi connectivity index (χ4v) is 1.67. The first-order valence-corrected chi connectivity index (χ1v) is 5.18. The maximum absolute atomic E-state index is 5.27. The van der Waals surface area contributed by atoms with Crippen LogP contribution in [0.1, 0.15) is 24.3 Å². The molecule has 0 saturated heterocycles. The first kappa shape index (κ1) is 9.68. The lowest BCUT2D eigenvalue weighted by Gasteiger charge is -2.07. The number of hydroxylamine groups is 1. The van der Waals surface area contributed by atoms with Crippen molar-refractivity contribution >= 4 is 21.8 Å². The van der Waals surface area contributed by atoms with Crippen LogP contribution in [0.2, 0.25) is 0 Å². The number of nitrogens with zero attached hydrogens (tertiary/aromatic N) is 1. The molecule has 1 heterocycles. The summed E-state index contributed by atoms with van der Waals surface area (Å²) in [7, 11) is 0. The number of halogens is 1. The Balaban J connectivity index is 2.29. The molecular formula is C10H11BrN2O. The molecule has 0 spiro atoms. The Kier molecular flexibility index (Phi) is 2.56. The van der Waals surface area contributed by atoms with Crippen molar-refractivity contribution in [1.82, 2.24) is 5.48 Å². The molecule has 1 unspecified atom stereocenters. The lowest BCUT2D eigenvalue weighted by atomic mass is 10.1. The molecule has 1 aliphatic heterocycles. The molecule has 0 amide bonds. The molecule has 4 heteroatoms. The van der Waals surface area contributed by atoms with E-state index in [0.717, 1.165) is 15.9 Å². The molecular weight excluding hydrogens is 244 g/mol. The van der Waals surface area contributed by atoms with Crippen molar-refractivity contribution in [2.45, 2.75) is 20.1 Å². The largest absolute Gasteiger partial charge is 0.251 e. The molecule has 74 valence electrons. The predicted octanol–water partition coefficient (Wildman–Crippen LogP) is 2.71. The van der Waals surface area contributed by atoms with Crippen LogP contribution < -0.4 is 5.48 Å². The molecule has 1 aromatic rings. The van der Waals surface area contributed by atoms with Gasteiger partial charge in [0.25, 0.3) is 0 Å². The van der Waals surface area contributed by atoms with E-state index in [2.05, 4.69) is 33.3 Å². The number of benzene rings is 1. The van der Waals surface area contributed by atoms with Crippen LogP contribution in [0.25, 0.3) is 0 Å². The van der Waals surface area contributed by atoms with E-state index in [9.17, 15) is 0 Å². The van der Waals surface area contributed by atoms with E-state index < -0.39 is 0 Å². The van der Waals surface area contributed by atoms with Crippen molar-refractivity contribution in [2.75, 3.05) is 0 Å². The number of hydrogen-bond donors (Lipinski definition) is 1. The monoisotopic (exact) mass is 254 g/mol. The number of hydrogen-bond acceptors (Lipinski definition) is 3. The van der Waals surface area contributed by atoms with Gasteiger partial charge in [-0.25, -0.2) is 9.83 Å². The standard InChI is InChI=1S/C10H11BrN2O/c1-6-3-4-8(5-9(6)11)10-12-7(2)13-14-10/h3-5,10H,1-2H3,(H,12,13). The molecule has 1 atom stereocenters. The highest BCUT2D eigenvalue weighted by molar-refractivity contribution is 9.10. The van der Waals surface area contributed by atoms with Crippen LogP contribution in [0, 0.1) is 6.92 Å². The fraction of sp³-hybridized carbons (Fsp3) is 0.300. The van der Waals surface area contributed by atoms with E-state index in [-0.39, 0.29) is 6.23 Å². The summed E-state index contributed by atoms with van der Waals surface area (Å²) < 4.78 is 1.08. The van der Waals surface area contributed by atoms with Crippen LogP contribution >= 0.6 is 15.9 Å². The molecule has 3 nitrogen and oxygen atoms in total. The predicted molar refractivity (Wildman–Crippen MR) is 58.9 cm³/mol. The van der Waals surface area contributed by atoms with Crippen molar-refractivity contribution in [2.24, 2.45) is 4.99 Å². The SMILES string of the molecule is CC1=NC(c2ccc(C)c(Br)c2)ON1. The zero-order valence-electron chi connectivity index (χ0n) is 8.04. The molecule has 1 N–H and O–H groups in total. The van der Waals surface area contributed by atoms with Gasteiger partial charge < -0.3 is 0 Å². The number of rotatable bonds is 1. The first-order valence-electron chi connectivity index (χ1n) is 4.39. The minimum absolute atomic E-state index is 0.216. The molecule has 0 bridgehead atoms. The average Bonchev–Trinajstić information content (AvgIpc) is 2.57. The molecule has 2 rings (SSSR count). The number of amidine groups is 1. The van der Waals surface area contributed by atoms with E-state index in [1.54, 1.807) is 0 Å². The minimum atomic E-state index is -0.216. The molecule has 14 heavy (non-hydrogen) atoms. The third-order valence-electron chi connectivity index (χ3n) is 2.11. The van der Waals surface area contributed by atoms with Crippen LogP contribution in [0.5, 0.6) is 0 Å². The van der Waals surface area contributed by atoms with Gasteiger partial charge in [0.1, 0.15) is 5.84 Å². The minimum Gasteiger partial charge on any atom is -0.251 e. The Hall–Kier alpha value is -0.870. The second-order valence-electron chi connectivity index (χ2n) is 3.30. The molecule has 1 aromatic carbocycles. The first-order chi connectivity index (χ1) is 6.66. The van der Waals surface area contributed by atoms with E-state index in [1.165, 1.54) is 5.56 Å². The summed E-state index contributed by atoms with van der Waals surface area (Å²) in [5, 5.41) is 0. The van der Waals surface area contributed by atoms with Gasteiger partial charge in [-0.3, -0.25) is 5.48 Å². The summed E-state index contributed by atoms with van der Waals surface area (Å²) in [5.74, 6) is 0.812. The molecule has 0 aromatic heterocycles. The van der Waals surface area contributed by atoms with Gasteiger partial charge in [-0.1, -0.05) is 28.1 Å². The second kappa shape index (κ2) is 3.71. The molecule has 0 saturated carbocycles. The van der Waals surface area contributed by atoms with Gasteiger partial charge >= 0.3 is 0 Å². The number of aliphatic imine (C=N–C) groups is 1. The van der Waals surface area contributed by atoms with Crippen LogP contribution in [0.15, 0.2) is 27.7 Å². The van der Waals surface area contributed by atoms with Crippen molar-refractivity contribution in [3.8, 4) is 0 Å². The van der Waals surface area contributed by atoms with Crippen LogP contribution in [-0.2, 0) is 4.84 Å². The summed E-state index contributed by atoms with van der Waals surface area (Å²) in [5.41, 5.74) is 4.99. The summed E-state index contributed by atoms with van der Waals surface area (Å²) in [6, 6.07) is 6.10. The number of nitrogens with one attached hydrogen (secondary N) is 1. The summed E-state index contributed by atoms with van der Waals surface area (Å²) in [4.78, 5) is 9.56. The van der Waals surface area contributed by atoms with Crippen molar-refractivity contribution in [3.05, 3.63) is 33.8 Å². The third kappa shape index (κ3) is 1.81. The zero-order chi connectivity index (χ0) is 10.1. The highest BCUT2D eigenvalue weighted by Gasteiger charge is 2.17. The van der Waals surface area contributed by atoms with Crippen molar-refractivity contribution < 1.29 is 4.84 Å². The lowest BCUT2D eigenvalue weighted by Crippen LogP contribution is -2.12. The topological polar surface area (TPSA) is 33.6 Å². The van der Waals surface area contributed by atoms with Gasteiger partial charge in [0.2, 0.25) is 6.23 Å². The van der Waals surface area contributed by atoms with Crippen LogP contribution in [0.4, 0.5) is 0 Å². The summed E-state index contributed by atoms with van der Waals surface area (Å²) >= 11 is 3.48. The lowest BCUT2D eigenvalue weighted by molar-refractivity contribution is 0.0373. The Bertz CT molecular complexity index is 390. The molecule has 0 radical (unpaired) electrons. The van der Waals surface area contributed by atoms with Crippen molar-refractivity contribution in [1.29, 1.82) is 0 Å². The van der Waals surface area contributed by atoms with E-state index >= 15 is 0 Å². The van der Waals surface area contributed by atoms with Gasteiger partial charge in [0, 0.05) is 10.0 Å².